The maximum atomic E-state index is 4.99. The fourth-order valence-corrected chi connectivity index (χ4v) is 1.98. The van der Waals surface area contributed by atoms with Crippen LogP contribution in [0.15, 0.2) is 40.6 Å². The van der Waals surface area contributed by atoms with Crippen molar-refractivity contribution in [2.24, 2.45) is 0 Å². The van der Waals surface area contributed by atoms with Crippen LogP contribution < -0.4 is 5.32 Å². The molecular formula is C12H15N3OS. The van der Waals surface area contributed by atoms with Crippen LogP contribution in [0.5, 0.6) is 0 Å². The molecule has 0 fully saturated rings. The van der Waals surface area contributed by atoms with E-state index >= 15 is 0 Å². The normalized spacial score (nSPS) is 10.6. The second-order valence-corrected chi connectivity index (χ2v) is 4.76. The van der Waals surface area contributed by atoms with Gasteiger partial charge >= 0.3 is 0 Å². The lowest BCUT2D eigenvalue weighted by atomic mass is 10.3. The van der Waals surface area contributed by atoms with Gasteiger partial charge in [-0.3, -0.25) is 0 Å². The molecule has 2 heterocycles. The fourth-order valence-electron chi connectivity index (χ4n) is 1.30. The van der Waals surface area contributed by atoms with Crippen molar-refractivity contribution in [3.05, 3.63) is 42.1 Å². The minimum absolute atomic E-state index is 0.834. The zero-order valence-corrected chi connectivity index (χ0v) is 10.5. The summed E-state index contributed by atoms with van der Waals surface area (Å²) in [6, 6.07) is 1.96. The van der Waals surface area contributed by atoms with Crippen LogP contribution in [-0.4, -0.2) is 22.3 Å². The first kappa shape index (κ1) is 12.1. The van der Waals surface area contributed by atoms with Crippen LogP contribution in [0.1, 0.15) is 11.1 Å². The van der Waals surface area contributed by atoms with Gasteiger partial charge in [0.15, 0.2) is 5.16 Å². The van der Waals surface area contributed by atoms with Gasteiger partial charge in [-0.05, 0) is 18.6 Å². The Morgan fingerprint density at radius 2 is 2.18 bits per heavy atom. The van der Waals surface area contributed by atoms with E-state index in [-0.39, 0.29) is 0 Å². The maximum absolute atomic E-state index is 4.99. The Morgan fingerprint density at radius 1 is 1.35 bits per heavy atom. The predicted octanol–water partition coefficient (Wildman–Crippen LogP) is 2.26. The molecule has 5 heteroatoms. The quantitative estimate of drug-likeness (QED) is 0.483. The summed E-state index contributed by atoms with van der Waals surface area (Å²) in [6.07, 6.45) is 7.12. The van der Waals surface area contributed by atoms with Crippen LogP contribution in [0, 0.1) is 6.92 Å². The summed E-state index contributed by atoms with van der Waals surface area (Å²) in [4.78, 5) is 8.47. The maximum Gasteiger partial charge on any atom is 0.187 e. The van der Waals surface area contributed by atoms with E-state index in [1.54, 1.807) is 24.3 Å². The van der Waals surface area contributed by atoms with Crippen LogP contribution in [0.2, 0.25) is 0 Å². The van der Waals surface area contributed by atoms with Crippen molar-refractivity contribution in [1.29, 1.82) is 0 Å². The standard InChI is InChI=1S/C12H15N3OS/c1-10-6-14-12(15-7-10)17-5-3-13-8-11-2-4-16-9-11/h2,4,6-7,9,13H,3,5,8H2,1H3. The van der Waals surface area contributed by atoms with E-state index in [4.69, 9.17) is 4.42 Å². The molecule has 17 heavy (non-hydrogen) atoms. The molecule has 0 amide bonds. The summed E-state index contributed by atoms with van der Waals surface area (Å²) in [5.74, 6) is 0.959. The van der Waals surface area contributed by atoms with Crippen LogP contribution >= 0.6 is 11.8 Å². The van der Waals surface area contributed by atoms with Gasteiger partial charge in [0.1, 0.15) is 0 Å². The summed E-state index contributed by atoms with van der Waals surface area (Å²) in [6.45, 7) is 3.75. The number of nitrogens with one attached hydrogen (secondary N) is 1. The van der Waals surface area contributed by atoms with Gasteiger partial charge in [0.25, 0.3) is 0 Å². The average molecular weight is 249 g/mol. The lowest BCUT2D eigenvalue weighted by Crippen LogP contribution is -2.16. The summed E-state index contributed by atoms with van der Waals surface area (Å²) in [5, 5.41) is 4.17. The van der Waals surface area contributed by atoms with E-state index in [0.29, 0.717) is 0 Å². The molecule has 0 aliphatic heterocycles. The topological polar surface area (TPSA) is 51.0 Å². The molecule has 2 aromatic rings. The molecule has 0 saturated heterocycles. The van der Waals surface area contributed by atoms with E-state index < -0.39 is 0 Å². The summed E-state index contributed by atoms with van der Waals surface area (Å²) in [7, 11) is 0. The Bertz CT molecular complexity index is 428. The molecule has 0 saturated carbocycles. The van der Waals surface area contributed by atoms with Gasteiger partial charge in [-0.25, -0.2) is 9.97 Å². The van der Waals surface area contributed by atoms with E-state index in [0.717, 1.165) is 29.6 Å². The molecule has 90 valence electrons. The SMILES string of the molecule is Cc1cnc(SCCNCc2ccoc2)nc1. The van der Waals surface area contributed by atoms with Crippen LogP contribution in [0.4, 0.5) is 0 Å². The monoisotopic (exact) mass is 249 g/mol. The van der Waals surface area contributed by atoms with Crippen molar-refractivity contribution in [2.75, 3.05) is 12.3 Å². The predicted molar refractivity (Wildman–Crippen MR) is 67.9 cm³/mol. The van der Waals surface area contributed by atoms with Crippen LogP contribution in [0.25, 0.3) is 0 Å². The smallest absolute Gasteiger partial charge is 0.187 e. The van der Waals surface area contributed by atoms with Crippen molar-refractivity contribution in [1.82, 2.24) is 15.3 Å². The van der Waals surface area contributed by atoms with Crippen molar-refractivity contribution < 1.29 is 4.42 Å². The fraction of sp³-hybridized carbons (Fsp3) is 0.333. The third kappa shape index (κ3) is 4.20. The largest absolute Gasteiger partial charge is 0.472 e. The van der Waals surface area contributed by atoms with Gasteiger partial charge in [0.05, 0.1) is 12.5 Å². The Hall–Kier alpha value is -1.33. The van der Waals surface area contributed by atoms with Gasteiger partial charge in [-0.2, -0.15) is 0 Å². The lowest BCUT2D eigenvalue weighted by Gasteiger charge is -2.02. The molecule has 2 rings (SSSR count). The number of hydrogen-bond donors (Lipinski definition) is 1. The Kier molecular flexibility index (Phi) is 4.58. The van der Waals surface area contributed by atoms with Crippen molar-refractivity contribution in [2.45, 2.75) is 18.6 Å². The van der Waals surface area contributed by atoms with E-state index in [1.807, 2.05) is 25.4 Å². The zero-order chi connectivity index (χ0) is 11.9. The van der Waals surface area contributed by atoms with E-state index in [1.165, 1.54) is 5.56 Å². The number of rotatable bonds is 6. The number of thioether (sulfide) groups is 1. The number of furan rings is 1. The average Bonchev–Trinajstić information content (AvgIpc) is 2.84. The third-order valence-corrected chi connectivity index (χ3v) is 3.05. The van der Waals surface area contributed by atoms with E-state index in [2.05, 4.69) is 15.3 Å². The lowest BCUT2D eigenvalue weighted by molar-refractivity contribution is 0.561. The first-order chi connectivity index (χ1) is 8.34. The number of aromatic nitrogens is 2. The second kappa shape index (κ2) is 6.42. The summed E-state index contributed by atoms with van der Waals surface area (Å²) < 4.78 is 4.99. The number of hydrogen-bond acceptors (Lipinski definition) is 5. The first-order valence-corrected chi connectivity index (χ1v) is 6.46. The van der Waals surface area contributed by atoms with Crippen LogP contribution in [-0.2, 0) is 6.54 Å². The summed E-state index contributed by atoms with van der Waals surface area (Å²) >= 11 is 1.66. The molecular weight excluding hydrogens is 234 g/mol. The molecule has 0 atom stereocenters. The molecule has 2 aromatic heterocycles. The third-order valence-electron chi connectivity index (χ3n) is 2.18. The Morgan fingerprint density at radius 3 is 2.88 bits per heavy atom. The highest BCUT2D eigenvalue weighted by Gasteiger charge is 1.97. The van der Waals surface area contributed by atoms with Gasteiger partial charge in [-0.15, -0.1) is 0 Å². The molecule has 1 N–H and O–H groups in total. The number of nitrogens with zero attached hydrogens (tertiary/aromatic N) is 2. The van der Waals surface area contributed by atoms with Gasteiger partial charge in [0, 0.05) is 36.8 Å². The molecule has 0 aromatic carbocycles. The molecule has 4 nitrogen and oxygen atoms in total. The highest BCUT2D eigenvalue weighted by Crippen LogP contribution is 2.10. The minimum Gasteiger partial charge on any atom is -0.472 e. The van der Waals surface area contributed by atoms with Crippen LogP contribution in [0.3, 0.4) is 0 Å². The van der Waals surface area contributed by atoms with Crippen molar-refractivity contribution >= 4 is 11.8 Å². The Balaban J connectivity index is 1.61. The summed E-state index contributed by atoms with van der Waals surface area (Å²) in [5.41, 5.74) is 2.26. The molecule has 0 bridgehead atoms. The molecule has 0 unspecified atom stereocenters. The highest BCUT2D eigenvalue weighted by molar-refractivity contribution is 7.99. The van der Waals surface area contributed by atoms with Gasteiger partial charge in [0.2, 0.25) is 0 Å². The first-order valence-electron chi connectivity index (χ1n) is 5.48. The van der Waals surface area contributed by atoms with Crippen molar-refractivity contribution in [3.63, 3.8) is 0 Å². The zero-order valence-electron chi connectivity index (χ0n) is 9.72. The van der Waals surface area contributed by atoms with Crippen molar-refractivity contribution in [3.8, 4) is 0 Å². The molecule has 0 spiro atoms. The van der Waals surface area contributed by atoms with Gasteiger partial charge < -0.3 is 9.73 Å². The molecule has 0 radical (unpaired) electrons. The highest BCUT2D eigenvalue weighted by atomic mass is 32.2. The Labute approximate surface area is 105 Å². The van der Waals surface area contributed by atoms with Gasteiger partial charge in [-0.1, -0.05) is 11.8 Å². The molecule has 0 aliphatic carbocycles. The molecule has 0 aliphatic rings. The second-order valence-electron chi connectivity index (χ2n) is 3.70. The minimum atomic E-state index is 0.834. The van der Waals surface area contributed by atoms with E-state index in [9.17, 15) is 0 Å². The number of aryl methyl sites for hydroxylation is 1.